The maximum Gasteiger partial charge on any atom is 0.228 e. The second-order valence-electron chi connectivity index (χ2n) is 4.92. The van der Waals surface area contributed by atoms with Gasteiger partial charge in [-0.15, -0.1) is 0 Å². The van der Waals surface area contributed by atoms with Crippen molar-refractivity contribution in [3.05, 3.63) is 28.7 Å². The minimum Gasteiger partial charge on any atom is -0.325 e. The fraction of sp³-hybridized carbons (Fsp3) is 0.500. The summed E-state index contributed by atoms with van der Waals surface area (Å²) in [7, 11) is 0. The number of anilines is 1. The number of hydrogen-bond acceptors (Lipinski definition) is 3. The molecule has 1 aliphatic rings. The molecule has 0 saturated carbocycles. The third kappa shape index (κ3) is 4.30. The molecule has 0 bridgehead atoms. The highest BCUT2D eigenvalue weighted by atomic mass is 79.9. The molecule has 1 aromatic rings. The lowest BCUT2D eigenvalue weighted by atomic mass is 10.1. The molecule has 1 unspecified atom stereocenters. The molecule has 0 spiro atoms. The summed E-state index contributed by atoms with van der Waals surface area (Å²) in [6.07, 6.45) is 0. The average molecular weight is 326 g/mol. The largest absolute Gasteiger partial charge is 0.325 e. The zero-order chi connectivity index (χ0) is 13.7. The van der Waals surface area contributed by atoms with Crippen LogP contribution in [0.25, 0.3) is 0 Å². The van der Waals surface area contributed by atoms with Gasteiger partial charge >= 0.3 is 0 Å². The van der Waals surface area contributed by atoms with Gasteiger partial charge in [0.15, 0.2) is 0 Å². The van der Waals surface area contributed by atoms with Crippen LogP contribution >= 0.6 is 15.9 Å². The Labute approximate surface area is 122 Å². The maximum absolute atomic E-state index is 12.2. The SMILES string of the molecule is CC(CN1CCNCC1)C(=O)Nc1ccccc1Br. The second-order valence-corrected chi connectivity index (χ2v) is 5.78. The van der Waals surface area contributed by atoms with Crippen molar-refractivity contribution in [2.45, 2.75) is 6.92 Å². The van der Waals surface area contributed by atoms with E-state index in [1.807, 2.05) is 31.2 Å². The molecular formula is C14H20BrN3O. The van der Waals surface area contributed by atoms with E-state index >= 15 is 0 Å². The number of para-hydroxylation sites is 1. The predicted octanol–water partition coefficient (Wildman–Crippen LogP) is 1.93. The molecule has 1 atom stereocenters. The zero-order valence-electron chi connectivity index (χ0n) is 11.2. The topological polar surface area (TPSA) is 44.4 Å². The van der Waals surface area contributed by atoms with Crippen LogP contribution in [0.3, 0.4) is 0 Å². The Morgan fingerprint density at radius 1 is 1.42 bits per heavy atom. The third-order valence-electron chi connectivity index (χ3n) is 3.32. The molecular weight excluding hydrogens is 306 g/mol. The molecule has 1 aliphatic heterocycles. The Bertz CT molecular complexity index is 432. The number of carbonyl (C=O) groups is 1. The first kappa shape index (κ1) is 14.5. The van der Waals surface area contributed by atoms with Crippen LogP contribution in [0.5, 0.6) is 0 Å². The van der Waals surface area contributed by atoms with Gasteiger partial charge in [0.05, 0.1) is 5.69 Å². The summed E-state index contributed by atoms with van der Waals surface area (Å²) in [5.74, 6) is 0.0654. The number of piperazine rings is 1. The normalized spacial score (nSPS) is 18.0. The summed E-state index contributed by atoms with van der Waals surface area (Å²) in [6, 6.07) is 7.68. The van der Waals surface area contributed by atoms with Crippen LogP contribution in [0.4, 0.5) is 5.69 Å². The number of nitrogens with one attached hydrogen (secondary N) is 2. The number of halogens is 1. The van der Waals surface area contributed by atoms with Crippen LogP contribution in [0, 0.1) is 5.92 Å². The number of rotatable bonds is 4. The van der Waals surface area contributed by atoms with Gasteiger partial charge in [0, 0.05) is 43.1 Å². The fourth-order valence-electron chi connectivity index (χ4n) is 2.18. The van der Waals surface area contributed by atoms with E-state index in [1.165, 1.54) is 0 Å². The number of nitrogens with zero attached hydrogens (tertiary/aromatic N) is 1. The molecule has 1 fully saturated rings. The first-order valence-corrected chi connectivity index (χ1v) is 7.44. The Morgan fingerprint density at radius 3 is 2.79 bits per heavy atom. The summed E-state index contributed by atoms with van der Waals surface area (Å²) >= 11 is 3.44. The Balaban J connectivity index is 1.87. The molecule has 0 aliphatic carbocycles. The van der Waals surface area contributed by atoms with Gasteiger partial charge in [-0.1, -0.05) is 19.1 Å². The maximum atomic E-state index is 12.2. The van der Waals surface area contributed by atoms with E-state index in [4.69, 9.17) is 0 Å². The van der Waals surface area contributed by atoms with E-state index in [-0.39, 0.29) is 11.8 Å². The van der Waals surface area contributed by atoms with E-state index in [2.05, 4.69) is 31.5 Å². The van der Waals surface area contributed by atoms with Gasteiger partial charge in [0.2, 0.25) is 5.91 Å². The van der Waals surface area contributed by atoms with Gasteiger partial charge in [-0.05, 0) is 28.1 Å². The van der Waals surface area contributed by atoms with Gasteiger partial charge < -0.3 is 15.5 Å². The van der Waals surface area contributed by atoms with E-state index in [0.717, 1.165) is 42.9 Å². The summed E-state index contributed by atoms with van der Waals surface area (Å²) in [5.41, 5.74) is 0.833. The lowest BCUT2D eigenvalue weighted by molar-refractivity contribution is -0.120. The zero-order valence-corrected chi connectivity index (χ0v) is 12.7. The van der Waals surface area contributed by atoms with Crippen LogP contribution in [-0.2, 0) is 4.79 Å². The highest BCUT2D eigenvalue weighted by Crippen LogP contribution is 2.21. The van der Waals surface area contributed by atoms with Crippen molar-refractivity contribution in [1.29, 1.82) is 0 Å². The van der Waals surface area contributed by atoms with Crippen LogP contribution < -0.4 is 10.6 Å². The van der Waals surface area contributed by atoms with Crippen molar-refractivity contribution >= 4 is 27.5 Å². The lowest BCUT2D eigenvalue weighted by Gasteiger charge is -2.29. The lowest BCUT2D eigenvalue weighted by Crippen LogP contribution is -2.46. The molecule has 0 radical (unpaired) electrons. The summed E-state index contributed by atoms with van der Waals surface area (Å²) in [6.45, 7) is 6.86. The first-order chi connectivity index (χ1) is 9.16. The average Bonchev–Trinajstić information content (AvgIpc) is 2.42. The van der Waals surface area contributed by atoms with E-state index in [0.29, 0.717) is 0 Å². The van der Waals surface area contributed by atoms with Gasteiger partial charge in [0.1, 0.15) is 0 Å². The van der Waals surface area contributed by atoms with Gasteiger partial charge in [-0.25, -0.2) is 0 Å². The second kappa shape index (κ2) is 7.03. The van der Waals surface area contributed by atoms with Gasteiger partial charge in [-0.3, -0.25) is 4.79 Å². The monoisotopic (exact) mass is 325 g/mol. The molecule has 19 heavy (non-hydrogen) atoms. The fourth-order valence-corrected chi connectivity index (χ4v) is 2.57. The third-order valence-corrected chi connectivity index (χ3v) is 4.01. The molecule has 2 N–H and O–H groups in total. The summed E-state index contributed by atoms with van der Waals surface area (Å²) in [4.78, 5) is 14.5. The van der Waals surface area contributed by atoms with Crippen molar-refractivity contribution in [3.8, 4) is 0 Å². The molecule has 0 aromatic heterocycles. The van der Waals surface area contributed by atoms with Crippen molar-refractivity contribution in [1.82, 2.24) is 10.2 Å². The number of amides is 1. The highest BCUT2D eigenvalue weighted by Gasteiger charge is 2.19. The molecule has 1 heterocycles. The van der Waals surface area contributed by atoms with Crippen molar-refractivity contribution in [3.63, 3.8) is 0 Å². The van der Waals surface area contributed by atoms with E-state index < -0.39 is 0 Å². The highest BCUT2D eigenvalue weighted by molar-refractivity contribution is 9.10. The molecule has 1 saturated heterocycles. The Kier molecular flexibility index (Phi) is 5.36. The van der Waals surface area contributed by atoms with Crippen molar-refractivity contribution < 1.29 is 4.79 Å². The molecule has 104 valence electrons. The number of benzene rings is 1. The number of hydrogen-bond donors (Lipinski definition) is 2. The summed E-state index contributed by atoms with van der Waals surface area (Å²) in [5, 5.41) is 6.29. The standard InChI is InChI=1S/C14H20BrN3O/c1-11(10-18-8-6-16-7-9-18)14(19)17-13-5-3-2-4-12(13)15/h2-5,11,16H,6-10H2,1H3,(H,17,19). The molecule has 5 heteroatoms. The van der Waals surface area contributed by atoms with E-state index in [9.17, 15) is 4.79 Å². The van der Waals surface area contributed by atoms with Crippen LogP contribution in [0.1, 0.15) is 6.92 Å². The Hall–Kier alpha value is -0.910. The molecule has 1 aromatic carbocycles. The van der Waals surface area contributed by atoms with Crippen LogP contribution in [0.15, 0.2) is 28.7 Å². The van der Waals surface area contributed by atoms with Gasteiger partial charge in [0.25, 0.3) is 0 Å². The smallest absolute Gasteiger partial charge is 0.228 e. The van der Waals surface area contributed by atoms with Gasteiger partial charge in [-0.2, -0.15) is 0 Å². The Morgan fingerprint density at radius 2 is 2.11 bits per heavy atom. The van der Waals surface area contributed by atoms with E-state index in [1.54, 1.807) is 0 Å². The predicted molar refractivity (Wildman–Crippen MR) is 81.2 cm³/mol. The van der Waals surface area contributed by atoms with Crippen LogP contribution in [0.2, 0.25) is 0 Å². The first-order valence-electron chi connectivity index (χ1n) is 6.65. The molecule has 2 rings (SSSR count). The molecule has 4 nitrogen and oxygen atoms in total. The quantitative estimate of drug-likeness (QED) is 0.889. The minimum absolute atomic E-state index is 0.00907. The molecule has 1 amide bonds. The summed E-state index contributed by atoms with van der Waals surface area (Å²) < 4.78 is 0.915. The van der Waals surface area contributed by atoms with Crippen LogP contribution in [-0.4, -0.2) is 43.5 Å². The number of carbonyl (C=O) groups excluding carboxylic acids is 1. The minimum atomic E-state index is -0.00907. The van der Waals surface area contributed by atoms with Crippen molar-refractivity contribution in [2.24, 2.45) is 5.92 Å². The van der Waals surface area contributed by atoms with Crippen molar-refractivity contribution in [2.75, 3.05) is 38.0 Å².